The smallest absolute Gasteiger partial charge is 0.0440 e. The SMILES string of the molecule is CCCCCCCCCCCCCC1CCC(C2CCC(c3ccccc3Cl)CC2)CC1.CCCCCCCCCCCCCCC1CCC(C2CCC(c3ccccc3Cl)CC2)CC1. The van der Waals surface area contributed by atoms with E-state index in [0.717, 1.165) is 45.6 Å². The minimum absolute atomic E-state index is 0.706. The minimum Gasteiger partial charge on any atom is -0.0840 e. The lowest BCUT2D eigenvalue weighted by Crippen LogP contribution is -2.25. The van der Waals surface area contributed by atoms with Crippen molar-refractivity contribution in [3.8, 4) is 0 Å². The van der Waals surface area contributed by atoms with Gasteiger partial charge in [-0.25, -0.2) is 0 Å². The predicted molar refractivity (Wildman–Crippen MR) is 290 cm³/mol. The van der Waals surface area contributed by atoms with Crippen LogP contribution in [0.2, 0.25) is 10.0 Å². The average Bonchev–Trinajstić information content (AvgIpc) is 3.35. The molecule has 4 saturated carbocycles. The van der Waals surface area contributed by atoms with Crippen LogP contribution in [0.15, 0.2) is 48.5 Å². The number of rotatable bonds is 29. The lowest BCUT2D eigenvalue weighted by Gasteiger charge is -2.38. The molecule has 0 unspecified atom stereocenters. The highest BCUT2D eigenvalue weighted by Gasteiger charge is 2.33. The van der Waals surface area contributed by atoms with E-state index in [1.54, 1.807) is 0 Å². The van der Waals surface area contributed by atoms with Crippen LogP contribution in [0.1, 0.15) is 300 Å². The summed E-state index contributed by atoms with van der Waals surface area (Å²) in [6.45, 7) is 4.61. The summed E-state index contributed by atoms with van der Waals surface area (Å²) in [6, 6.07) is 17.1. The van der Waals surface area contributed by atoms with Gasteiger partial charge in [0.25, 0.3) is 0 Å². The molecule has 0 aromatic heterocycles. The maximum absolute atomic E-state index is 6.47. The van der Waals surface area contributed by atoms with E-state index >= 15 is 0 Å². The van der Waals surface area contributed by atoms with Gasteiger partial charge in [0.15, 0.2) is 0 Å². The second-order valence-electron chi connectivity index (χ2n) is 22.8. The van der Waals surface area contributed by atoms with Crippen LogP contribution in [0.3, 0.4) is 0 Å². The second kappa shape index (κ2) is 34.3. The first-order chi connectivity index (χ1) is 32.1. The molecule has 6 rings (SSSR count). The Morgan fingerprint density at radius 2 is 0.554 bits per heavy atom. The van der Waals surface area contributed by atoms with E-state index in [2.05, 4.69) is 62.4 Å². The molecule has 4 aliphatic carbocycles. The van der Waals surface area contributed by atoms with Gasteiger partial charge in [0.2, 0.25) is 0 Å². The van der Waals surface area contributed by atoms with Crippen molar-refractivity contribution in [1.29, 1.82) is 0 Å². The third-order valence-electron chi connectivity index (χ3n) is 18.0. The molecule has 370 valence electrons. The van der Waals surface area contributed by atoms with Crippen LogP contribution in [0.25, 0.3) is 0 Å². The van der Waals surface area contributed by atoms with Gasteiger partial charge in [-0.05, 0) is 148 Å². The van der Waals surface area contributed by atoms with Crippen molar-refractivity contribution in [1.82, 2.24) is 0 Å². The Bertz CT molecular complexity index is 1420. The number of hydrogen-bond donors (Lipinski definition) is 0. The van der Waals surface area contributed by atoms with Crippen LogP contribution < -0.4 is 0 Å². The highest BCUT2D eigenvalue weighted by molar-refractivity contribution is 6.31. The van der Waals surface area contributed by atoms with Crippen LogP contribution in [0.4, 0.5) is 0 Å². The molecular formula is C63H104Cl2. The third-order valence-corrected chi connectivity index (χ3v) is 18.7. The van der Waals surface area contributed by atoms with Crippen LogP contribution in [-0.2, 0) is 0 Å². The Balaban J connectivity index is 0.000000244. The van der Waals surface area contributed by atoms with Crippen molar-refractivity contribution >= 4 is 23.2 Å². The summed E-state index contributed by atoms with van der Waals surface area (Å²) < 4.78 is 0. The van der Waals surface area contributed by atoms with E-state index in [0.29, 0.717) is 11.8 Å². The van der Waals surface area contributed by atoms with Gasteiger partial charge in [0.1, 0.15) is 0 Å². The van der Waals surface area contributed by atoms with E-state index in [1.165, 1.54) is 274 Å². The first-order valence-corrected chi connectivity index (χ1v) is 30.3. The highest BCUT2D eigenvalue weighted by atomic mass is 35.5. The van der Waals surface area contributed by atoms with Crippen LogP contribution in [0.5, 0.6) is 0 Å². The molecule has 0 nitrogen and oxygen atoms in total. The quantitative estimate of drug-likeness (QED) is 0.0713. The summed E-state index contributed by atoms with van der Waals surface area (Å²) in [7, 11) is 0. The van der Waals surface area contributed by atoms with E-state index in [9.17, 15) is 0 Å². The largest absolute Gasteiger partial charge is 0.0840 e. The summed E-state index contributed by atoms with van der Waals surface area (Å²) in [6.07, 6.45) is 60.1. The number of halogens is 2. The van der Waals surface area contributed by atoms with Crippen LogP contribution in [0, 0.1) is 35.5 Å². The number of hydrogen-bond acceptors (Lipinski definition) is 0. The summed E-state index contributed by atoms with van der Waals surface area (Å²) in [4.78, 5) is 0. The van der Waals surface area contributed by atoms with E-state index in [1.807, 2.05) is 0 Å². The fraction of sp³-hybridized carbons (Fsp3) is 0.810. The van der Waals surface area contributed by atoms with Crippen LogP contribution in [-0.4, -0.2) is 0 Å². The monoisotopic (exact) mass is 931 g/mol. The van der Waals surface area contributed by atoms with E-state index in [4.69, 9.17) is 23.2 Å². The topological polar surface area (TPSA) is 0 Å². The van der Waals surface area contributed by atoms with E-state index < -0.39 is 0 Å². The normalized spacial score (nSPS) is 26.1. The van der Waals surface area contributed by atoms with Crippen molar-refractivity contribution in [2.75, 3.05) is 0 Å². The molecule has 4 fully saturated rings. The van der Waals surface area contributed by atoms with Gasteiger partial charge >= 0.3 is 0 Å². The molecule has 0 aliphatic heterocycles. The fourth-order valence-electron chi connectivity index (χ4n) is 13.7. The van der Waals surface area contributed by atoms with Crippen LogP contribution >= 0.6 is 23.2 Å². The Morgan fingerprint density at radius 1 is 0.308 bits per heavy atom. The molecule has 2 aromatic carbocycles. The Morgan fingerprint density at radius 3 is 0.831 bits per heavy atom. The van der Waals surface area contributed by atoms with Gasteiger partial charge in [-0.2, -0.15) is 0 Å². The molecule has 0 N–H and O–H groups in total. The Kier molecular flexibility index (Phi) is 29.0. The zero-order chi connectivity index (χ0) is 45.6. The summed E-state index contributed by atoms with van der Waals surface area (Å²) in [5.41, 5.74) is 2.81. The highest BCUT2D eigenvalue weighted by Crippen LogP contribution is 2.47. The Hall–Kier alpha value is -0.980. The van der Waals surface area contributed by atoms with Gasteiger partial charge in [-0.15, -0.1) is 0 Å². The summed E-state index contributed by atoms with van der Waals surface area (Å²) in [5.74, 6) is 7.54. The maximum atomic E-state index is 6.47. The molecule has 0 saturated heterocycles. The first-order valence-electron chi connectivity index (χ1n) is 29.5. The number of unbranched alkanes of at least 4 members (excludes halogenated alkanes) is 21. The van der Waals surface area contributed by atoms with Gasteiger partial charge < -0.3 is 0 Å². The lowest BCUT2D eigenvalue weighted by molar-refractivity contribution is 0.155. The Labute approximate surface area is 415 Å². The van der Waals surface area contributed by atoms with Crippen molar-refractivity contribution in [3.63, 3.8) is 0 Å². The molecule has 0 amide bonds. The summed E-state index contributed by atoms with van der Waals surface area (Å²) >= 11 is 12.9. The van der Waals surface area contributed by atoms with Gasteiger partial charge in [0, 0.05) is 10.0 Å². The predicted octanol–water partition coefficient (Wildman–Crippen LogP) is 22.6. The molecule has 2 heteroatoms. The first kappa shape index (κ1) is 55.0. The van der Waals surface area contributed by atoms with Gasteiger partial charge in [-0.3, -0.25) is 0 Å². The zero-order valence-corrected chi connectivity index (χ0v) is 44.5. The maximum Gasteiger partial charge on any atom is 0.0440 e. The zero-order valence-electron chi connectivity index (χ0n) is 43.0. The van der Waals surface area contributed by atoms with Crippen molar-refractivity contribution < 1.29 is 0 Å². The molecule has 0 bridgehead atoms. The standard InChI is InChI=1S/C32H53Cl.C31H51Cl/c1-2-3-4-5-6-7-8-9-10-11-12-13-16-27-19-21-28(22-20-27)29-23-25-30(26-24-29)31-17-14-15-18-32(31)33;1-2-3-4-5-6-7-8-9-10-11-12-15-26-18-20-27(21-19-26)28-22-24-29(25-23-28)30-16-13-14-17-31(30)32/h14-15,17-18,27-30H,2-13,16,19-26H2,1H3;13-14,16-17,26-29H,2-12,15,18-25H2,1H3. The average molecular weight is 932 g/mol. The van der Waals surface area contributed by atoms with Gasteiger partial charge in [0.05, 0.1) is 0 Å². The van der Waals surface area contributed by atoms with E-state index in [-0.39, 0.29) is 0 Å². The third kappa shape index (κ3) is 21.7. The summed E-state index contributed by atoms with van der Waals surface area (Å²) in [5, 5.41) is 1.97. The molecule has 2 aromatic rings. The number of benzene rings is 2. The van der Waals surface area contributed by atoms with Gasteiger partial charge in [-0.1, -0.05) is 260 Å². The lowest BCUT2D eigenvalue weighted by atomic mass is 9.68. The van der Waals surface area contributed by atoms with Crippen molar-refractivity contribution in [2.24, 2.45) is 35.5 Å². The minimum atomic E-state index is 0.706. The molecule has 65 heavy (non-hydrogen) atoms. The molecule has 0 spiro atoms. The molecule has 0 radical (unpaired) electrons. The molecular weight excluding hydrogens is 828 g/mol. The fourth-order valence-corrected chi connectivity index (χ4v) is 14.3. The van der Waals surface area contributed by atoms with Crippen molar-refractivity contribution in [3.05, 3.63) is 69.7 Å². The molecule has 0 atom stereocenters. The molecule has 4 aliphatic rings. The second-order valence-corrected chi connectivity index (χ2v) is 23.6. The van der Waals surface area contributed by atoms with Crippen molar-refractivity contribution in [2.45, 2.75) is 289 Å². The molecule has 0 heterocycles.